The van der Waals surface area contributed by atoms with E-state index in [1.54, 1.807) is 0 Å². The molecule has 2 unspecified atom stereocenters. The quantitative estimate of drug-likeness (QED) is 0.747. The standard InChI is InChI=1S/C13H26N2/c1-3-4-13-10-15(8-7-14-13)9-11(2)12-5-6-12/h11-14H,3-10H2,1-2H3. The van der Waals surface area contributed by atoms with Gasteiger partial charge in [-0.15, -0.1) is 0 Å². The molecule has 0 aromatic heterocycles. The van der Waals surface area contributed by atoms with E-state index in [-0.39, 0.29) is 0 Å². The van der Waals surface area contributed by atoms with E-state index in [0.29, 0.717) is 0 Å². The predicted octanol–water partition coefficient (Wildman–Crippen LogP) is 2.11. The zero-order valence-corrected chi connectivity index (χ0v) is 10.3. The van der Waals surface area contributed by atoms with Crippen molar-refractivity contribution in [2.75, 3.05) is 26.2 Å². The van der Waals surface area contributed by atoms with Gasteiger partial charge in [0.15, 0.2) is 0 Å². The Bertz CT molecular complexity index is 187. The van der Waals surface area contributed by atoms with E-state index in [9.17, 15) is 0 Å². The molecule has 2 fully saturated rings. The van der Waals surface area contributed by atoms with Crippen molar-refractivity contribution in [2.45, 2.75) is 45.6 Å². The van der Waals surface area contributed by atoms with E-state index >= 15 is 0 Å². The summed E-state index contributed by atoms with van der Waals surface area (Å²) >= 11 is 0. The number of nitrogens with one attached hydrogen (secondary N) is 1. The fourth-order valence-corrected chi connectivity index (χ4v) is 2.82. The Hall–Kier alpha value is -0.0800. The Kier molecular flexibility index (Phi) is 4.04. The fourth-order valence-electron chi connectivity index (χ4n) is 2.82. The SMILES string of the molecule is CCCC1CN(CC(C)C2CC2)CCN1. The Labute approximate surface area is 94.4 Å². The highest BCUT2D eigenvalue weighted by Crippen LogP contribution is 2.36. The number of hydrogen-bond acceptors (Lipinski definition) is 2. The number of piperazine rings is 1. The number of rotatable bonds is 5. The van der Waals surface area contributed by atoms with Crippen LogP contribution in [-0.4, -0.2) is 37.1 Å². The molecule has 0 radical (unpaired) electrons. The first-order valence-corrected chi connectivity index (χ1v) is 6.75. The van der Waals surface area contributed by atoms with Crippen molar-refractivity contribution in [3.8, 4) is 0 Å². The minimum absolute atomic E-state index is 0.759. The highest BCUT2D eigenvalue weighted by Gasteiger charge is 2.30. The van der Waals surface area contributed by atoms with Gasteiger partial charge < -0.3 is 10.2 Å². The summed E-state index contributed by atoms with van der Waals surface area (Å²) in [5.41, 5.74) is 0. The molecule has 2 aliphatic rings. The van der Waals surface area contributed by atoms with Crippen LogP contribution in [0.2, 0.25) is 0 Å². The van der Waals surface area contributed by atoms with Crippen LogP contribution in [0.3, 0.4) is 0 Å². The van der Waals surface area contributed by atoms with Crippen LogP contribution < -0.4 is 5.32 Å². The monoisotopic (exact) mass is 210 g/mol. The third-order valence-corrected chi connectivity index (χ3v) is 3.95. The molecule has 1 aliphatic heterocycles. The first kappa shape index (κ1) is 11.4. The summed E-state index contributed by atoms with van der Waals surface area (Å²) in [6.45, 7) is 9.80. The molecular weight excluding hydrogens is 184 g/mol. The van der Waals surface area contributed by atoms with Gasteiger partial charge in [0.1, 0.15) is 0 Å². The molecule has 1 saturated heterocycles. The molecule has 0 aromatic carbocycles. The average Bonchev–Trinajstić information content (AvgIpc) is 3.01. The lowest BCUT2D eigenvalue weighted by Gasteiger charge is -2.35. The third kappa shape index (κ3) is 3.46. The first-order valence-electron chi connectivity index (χ1n) is 6.75. The number of hydrogen-bond donors (Lipinski definition) is 1. The fraction of sp³-hybridized carbons (Fsp3) is 1.00. The Balaban J connectivity index is 1.71. The summed E-state index contributed by atoms with van der Waals surface area (Å²) in [7, 11) is 0. The van der Waals surface area contributed by atoms with Gasteiger partial charge in [0.05, 0.1) is 0 Å². The molecule has 88 valence electrons. The summed E-state index contributed by atoms with van der Waals surface area (Å²) in [4.78, 5) is 2.68. The van der Waals surface area contributed by atoms with Gasteiger partial charge in [-0.05, 0) is 31.1 Å². The average molecular weight is 210 g/mol. The maximum absolute atomic E-state index is 3.63. The Morgan fingerprint density at radius 2 is 2.20 bits per heavy atom. The zero-order chi connectivity index (χ0) is 10.7. The summed E-state index contributed by atoms with van der Waals surface area (Å²) in [6.07, 6.45) is 5.63. The van der Waals surface area contributed by atoms with Crippen molar-refractivity contribution in [2.24, 2.45) is 11.8 Å². The lowest BCUT2D eigenvalue weighted by Crippen LogP contribution is -2.51. The van der Waals surface area contributed by atoms with Crippen LogP contribution in [0.15, 0.2) is 0 Å². The number of nitrogens with zero attached hydrogens (tertiary/aromatic N) is 1. The van der Waals surface area contributed by atoms with Crippen molar-refractivity contribution in [3.05, 3.63) is 0 Å². The van der Waals surface area contributed by atoms with E-state index in [2.05, 4.69) is 24.1 Å². The first-order chi connectivity index (χ1) is 7.29. The van der Waals surface area contributed by atoms with E-state index in [1.807, 2.05) is 0 Å². The summed E-state index contributed by atoms with van der Waals surface area (Å²) in [5, 5.41) is 3.63. The highest BCUT2D eigenvalue weighted by molar-refractivity contribution is 4.84. The molecule has 2 nitrogen and oxygen atoms in total. The van der Waals surface area contributed by atoms with E-state index in [4.69, 9.17) is 0 Å². The third-order valence-electron chi connectivity index (χ3n) is 3.95. The van der Waals surface area contributed by atoms with Crippen LogP contribution in [0.5, 0.6) is 0 Å². The molecule has 0 spiro atoms. The van der Waals surface area contributed by atoms with Crippen LogP contribution in [0.25, 0.3) is 0 Å². The molecular formula is C13H26N2. The lowest BCUT2D eigenvalue weighted by atomic mass is 10.0. The van der Waals surface area contributed by atoms with Crippen LogP contribution in [0.1, 0.15) is 39.5 Å². The maximum Gasteiger partial charge on any atom is 0.0195 e. The second-order valence-electron chi connectivity index (χ2n) is 5.51. The van der Waals surface area contributed by atoms with Gasteiger partial charge in [-0.3, -0.25) is 0 Å². The maximum atomic E-state index is 3.63. The van der Waals surface area contributed by atoms with Crippen LogP contribution in [-0.2, 0) is 0 Å². The van der Waals surface area contributed by atoms with Crippen LogP contribution >= 0.6 is 0 Å². The molecule has 0 bridgehead atoms. The van der Waals surface area contributed by atoms with E-state index in [1.165, 1.54) is 51.9 Å². The molecule has 2 atom stereocenters. The minimum atomic E-state index is 0.759. The van der Waals surface area contributed by atoms with Gasteiger partial charge in [-0.1, -0.05) is 20.3 Å². The smallest absolute Gasteiger partial charge is 0.0195 e. The minimum Gasteiger partial charge on any atom is -0.311 e. The second kappa shape index (κ2) is 5.31. The van der Waals surface area contributed by atoms with Crippen molar-refractivity contribution >= 4 is 0 Å². The van der Waals surface area contributed by atoms with Crippen molar-refractivity contribution in [3.63, 3.8) is 0 Å². The molecule has 0 amide bonds. The molecule has 1 saturated carbocycles. The van der Waals surface area contributed by atoms with Crippen LogP contribution in [0.4, 0.5) is 0 Å². The lowest BCUT2D eigenvalue weighted by molar-refractivity contribution is 0.166. The van der Waals surface area contributed by atoms with Crippen molar-refractivity contribution in [1.29, 1.82) is 0 Å². The van der Waals surface area contributed by atoms with Gasteiger partial charge in [0.25, 0.3) is 0 Å². The van der Waals surface area contributed by atoms with Crippen LogP contribution in [0, 0.1) is 11.8 Å². The van der Waals surface area contributed by atoms with E-state index in [0.717, 1.165) is 17.9 Å². The predicted molar refractivity (Wildman–Crippen MR) is 65.0 cm³/mol. The van der Waals surface area contributed by atoms with Gasteiger partial charge in [-0.2, -0.15) is 0 Å². The summed E-state index contributed by atoms with van der Waals surface area (Å²) in [6, 6.07) is 0.759. The van der Waals surface area contributed by atoms with Gasteiger partial charge in [0.2, 0.25) is 0 Å². The molecule has 2 heteroatoms. The van der Waals surface area contributed by atoms with Crippen molar-refractivity contribution in [1.82, 2.24) is 10.2 Å². The van der Waals surface area contributed by atoms with Gasteiger partial charge >= 0.3 is 0 Å². The molecule has 15 heavy (non-hydrogen) atoms. The molecule has 0 aromatic rings. The molecule has 1 N–H and O–H groups in total. The second-order valence-corrected chi connectivity index (χ2v) is 5.51. The van der Waals surface area contributed by atoms with Crippen molar-refractivity contribution < 1.29 is 0 Å². The summed E-state index contributed by atoms with van der Waals surface area (Å²) < 4.78 is 0. The molecule has 2 rings (SSSR count). The Morgan fingerprint density at radius 1 is 1.40 bits per heavy atom. The van der Waals surface area contributed by atoms with Gasteiger partial charge in [0, 0.05) is 32.2 Å². The molecule has 1 heterocycles. The van der Waals surface area contributed by atoms with Gasteiger partial charge in [-0.25, -0.2) is 0 Å². The Morgan fingerprint density at radius 3 is 2.87 bits per heavy atom. The largest absolute Gasteiger partial charge is 0.311 e. The van der Waals surface area contributed by atoms with E-state index < -0.39 is 0 Å². The molecule has 1 aliphatic carbocycles. The zero-order valence-electron chi connectivity index (χ0n) is 10.3. The summed E-state index contributed by atoms with van der Waals surface area (Å²) in [5.74, 6) is 2.00. The highest BCUT2D eigenvalue weighted by atomic mass is 15.2. The normalized spacial score (nSPS) is 30.4. The topological polar surface area (TPSA) is 15.3 Å².